The van der Waals surface area contributed by atoms with Crippen molar-refractivity contribution in [1.82, 2.24) is 9.80 Å². The molecule has 0 radical (unpaired) electrons. The Bertz CT molecular complexity index is 716. The Balaban J connectivity index is 1.96. The lowest BCUT2D eigenvalue weighted by Crippen LogP contribution is -2.62. The normalized spacial score (nSPS) is 26.1. The van der Waals surface area contributed by atoms with E-state index in [2.05, 4.69) is 0 Å². The van der Waals surface area contributed by atoms with Crippen molar-refractivity contribution < 1.29 is 14.7 Å². The van der Waals surface area contributed by atoms with Crippen LogP contribution in [0.25, 0.3) is 0 Å². The van der Waals surface area contributed by atoms with Gasteiger partial charge in [-0.1, -0.05) is 50.0 Å². The summed E-state index contributed by atoms with van der Waals surface area (Å²) in [7, 11) is 0. The summed E-state index contributed by atoms with van der Waals surface area (Å²) in [4.78, 5) is 27.9. The number of hydrogen-bond donors (Lipinski definition) is 1. The predicted molar refractivity (Wildman–Crippen MR) is 92.8 cm³/mol. The highest BCUT2D eigenvalue weighted by atomic mass is 35.5. The fourth-order valence-corrected chi connectivity index (χ4v) is 4.37. The monoisotopic (exact) mass is 370 g/mol. The van der Waals surface area contributed by atoms with Crippen LogP contribution in [0, 0.1) is 5.41 Å². The van der Waals surface area contributed by atoms with Crippen LogP contribution in [0.2, 0.25) is 10.0 Å². The first-order valence-corrected chi connectivity index (χ1v) is 8.59. The first kappa shape index (κ1) is 17.4. The van der Waals surface area contributed by atoms with E-state index in [0.717, 1.165) is 0 Å². The average Bonchev–Trinajstić information content (AvgIpc) is 3.06. The summed E-state index contributed by atoms with van der Waals surface area (Å²) >= 11 is 12.2. The van der Waals surface area contributed by atoms with Crippen molar-refractivity contribution in [3.8, 4) is 0 Å². The largest absolute Gasteiger partial charge is 0.465 e. The Morgan fingerprint density at radius 1 is 1.29 bits per heavy atom. The van der Waals surface area contributed by atoms with Crippen LogP contribution in [0.4, 0.5) is 4.79 Å². The summed E-state index contributed by atoms with van der Waals surface area (Å²) in [5.74, 6) is -0.191. The second-order valence-electron chi connectivity index (χ2n) is 7.57. The van der Waals surface area contributed by atoms with Crippen LogP contribution in [0.5, 0.6) is 0 Å². The lowest BCUT2D eigenvalue weighted by atomic mass is 9.73. The molecule has 2 heterocycles. The molecule has 2 atom stereocenters. The number of halogens is 2. The van der Waals surface area contributed by atoms with Crippen molar-refractivity contribution in [2.75, 3.05) is 13.1 Å². The Kier molecular flexibility index (Phi) is 4.00. The van der Waals surface area contributed by atoms with E-state index in [4.69, 9.17) is 23.2 Å². The van der Waals surface area contributed by atoms with Gasteiger partial charge in [-0.15, -0.1) is 0 Å². The number of carboxylic acid groups (broad SMARTS) is 1. The molecule has 1 aromatic rings. The summed E-state index contributed by atoms with van der Waals surface area (Å²) in [6.45, 7) is 6.76. The van der Waals surface area contributed by atoms with E-state index in [9.17, 15) is 14.7 Å². The van der Waals surface area contributed by atoms with Gasteiger partial charge in [-0.2, -0.15) is 0 Å². The van der Waals surface area contributed by atoms with E-state index in [-0.39, 0.29) is 22.4 Å². The minimum absolute atomic E-state index is 0.136. The molecule has 0 spiro atoms. The molecule has 7 heteroatoms. The fraction of sp³-hybridized carbons (Fsp3) is 0.529. The molecule has 1 N–H and O–H groups in total. The van der Waals surface area contributed by atoms with Gasteiger partial charge in [-0.05, 0) is 24.0 Å². The van der Waals surface area contributed by atoms with E-state index in [0.29, 0.717) is 30.1 Å². The third-order valence-corrected chi connectivity index (χ3v) is 6.24. The number of benzene rings is 1. The van der Waals surface area contributed by atoms with Gasteiger partial charge < -0.3 is 10.0 Å². The predicted octanol–water partition coefficient (Wildman–Crippen LogP) is 3.99. The van der Waals surface area contributed by atoms with Gasteiger partial charge in [-0.3, -0.25) is 9.69 Å². The molecule has 2 bridgehead atoms. The van der Waals surface area contributed by atoms with Gasteiger partial charge in [0.25, 0.3) is 5.91 Å². The number of carbonyl (C=O) groups is 2. The number of nitrogens with zero attached hydrogens (tertiary/aromatic N) is 2. The van der Waals surface area contributed by atoms with Crippen LogP contribution in [0.15, 0.2) is 18.2 Å². The van der Waals surface area contributed by atoms with Crippen LogP contribution in [0.1, 0.15) is 37.6 Å². The highest BCUT2D eigenvalue weighted by Crippen LogP contribution is 2.50. The molecule has 2 fully saturated rings. The quantitative estimate of drug-likeness (QED) is 0.812. The molecule has 2 aliphatic rings. The zero-order valence-corrected chi connectivity index (χ0v) is 15.4. The second kappa shape index (κ2) is 5.53. The van der Waals surface area contributed by atoms with Crippen molar-refractivity contribution in [2.45, 2.75) is 38.8 Å². The molecule has 2 aliphatic heterocycles. The average molecular weight is 371 g/mol. The van der Waals surface area contributed by atoms with Crippen molar-refractivity contribution in [3.05, 3.63) is 33.8 Å². The van der Waals surface area contributed by atoms with Crippen LogP contribution < -0.4 is 0 Å². The first-order valence-electron chi connectivity index (χ1n) is 7.84. The van der Waals surface area contributed by atoms with E-state index in [1.807, 2.05) is 20.8 Å². The molecular weight excluding hydrogens is 351 g/mol. The van der Waals surface area contributed by atoms with Gasteiger partial charge in [0.2, 0.25) is 0 Å². The molecule has 0 aliphatic carbocycles. The number of piperazine rings is 1. The maximum Gasteiger partial charge on any atom is 0.407 e. The van der Waals surface area contributed by atoms with Gasteiger partial charge in [0, 0.05) is 13.1 Å². The fourth-order valence-electron chi connectivity index (χ4n) is 3.99. The van der Waals surface area contributed by atoms with Crippen molar-refractivity contribution in [1.29, 1.82) is 0 Å². The Labute approximate surface area is 151 Å². The van der Waals surface area contributed by atoms with Gasteiger partial charge in [-0.25, -0.2) is 4.79 Å². The zero-order chi connectivity index (χ0) is 17.9. The number of rotatable bonds is 1. The van der Waals surface area contributed by atoms with E-state index in [1.165, 1.54) is 4.90 Å². The summed E-state index contributed by atoms with van der Waals surface area (Å²) in [5.41, 5.74) is -0.500. The molecule has 5 nitrogen and oxygen atoms in total. The number of fused-ring (bicyclic) bond motifs is 2. The lowest BCUT2D eigenvalue weighted by Gasteiger charge is -2.48. The molecule has 0 aromatic heterocycles. The van der Waals surface area contributed by atoms with Gasteiger partial charge in [0.15, 0.2) is 0 Å². The number of carbonyl (C=O) groups excluding carboxylic acids is 1. The molecule has 0 saturated carbocycles. The smallest absolute Gasteiger partial charge is 0.407 e. The summed E-state index contributed by atoms with van der Waals surface area (Å²) < 4.78 is 0. The maximum absolute atomic E-state index is 13.0. The number of likely N-dealkylation sites (tertiary alicyclic amines) is 2. The van der Waals surface area contributed by atoms with Crippen molar-refractivity contribution >= 4 is 35.2 Å². The highest BCUT2D eigenvalue weighted by molar-refractivity contribution is 6.43. The van der Waals surface area contributed by atoms with E-state index < -0.39 is 11.6 Å². The van der Waals surface area contributed by atoms with E-state index >= 15 is 0 Å². The van der Waals surface area contributed by atoms with Gasteiger partial charge >= 0.3 is 6.09 Å². The molecule has 2 amide bonds. The summed E-state index contributed by atoms with van der Waals surface area (Å²) in [5, 5.41) is 10.2. The number of amides is 2. The molecule has 3 rings (SSSR count). The zero-order valence-electron chi connectivity index (χ0n) is 13.8. The lowest BCUT2D eigenvalue weighted by molar-refractivity contribution is 0.00420. The van der Waals surface area contributed by atoms with Crippen LogP contribution in [0.3, 0.4) is 0 Å². The third-order valence-electron chi connectivity index (χ3n) is 5.43. The second-order valence-corrected chi connectivity index (χ2v) is 8.35. The minimum atomic E-state index is -0.930. The topological polar surface area (TPSA) is 60.9 Å². The first-order chi connectivity index (χ1) is 11.1. The third kappa shape index (κ3) is 2.37. The van der Waals surface area contributed by atoms with Gasteiger partial charge in [0.05, 0.1) is 27.2 Å². The minimum Gasteiger partial charge on any atom is -0.465 e. The molecule has 2 saturated heterocycles. The molecule has 1 aromatic carbocycles. The SMILES string of the molecule is CC(C)(C)[C@]12C[C@@H](CN1C(=O)O)N(C(=O)c1cccc(Cl)c1Cl)C2. The Morgan fingerprint density at radius 2 is 1.96 bits per heavy atom. The number of hydrogen-bond acceptors (Lipinski definition) is 2. The van der Waals surface area contributed by atoms with E-state index in [1.54, 1.807) is 23.1 Å². The highest BCUT2D eigenvalue weighted by Gasteiger charge is 2.62. The molecular formula is C17H20Cl2N2O3. The summed E-state index contributed by atoms with van der Waals surface area (Å²) in [6.07, 6.45) is -0.285. The van der Waals surface area contributed by atoms with Crippen molar-refractivity contribution in [3.63, 3.8) is 0 Å². The van der Waals surface area contributed by atoms with Gasteiger partial charge in [0.1, 0.15) is 0 Å². The van der Waals surface area contributed by atoms with Crippen LogP contribution in [-0.4, -0.2) is 51.6 Å². The van der Waals surface area contributed by atoms with Crippen LogP contribution in [-0.2, 0) is 0 Å². The molecule has 24 heavy (non-hydrogen) atoms. The van der Waals surface area contributed by atoms with Crippen molar-refractivity contribution in [2.24, 2.45) is 5.41 Å². The Morgan fingerprint density at radius 3 is 2.54 bits per heavy atom. The maximum atomic E-state index is 13.0. The molecule has 130 valence electrons. The standard InChI is InChI=1S/C17H20Cl2N2O3/c1-16(2,3)17-7-10(8-21(17)15(23)24)20(9-17)14(22)11-5-4-6-12(18)13(11)19/h4-6,10H,7-9H2,1-3H3,(H,23,24)/t10-,17+/m0/s1. The molecule has 0 unspecified atom stereocenters. The summed E-state index contributed by atoms with van der Waals surface area (Å²) in [6, 6.07) is 4.85. The Hall–Kier alpha value is -1.46. The van der Waals surface area contributed by atoms with Crippen LogP contribution >= 0.6 is 23.2 Å².